The number of nitrogens with zero attached hydrogens (tertiary/aromatic N) is 1. The monoisotopic (exact) mass is 283 g/mol. The van der Waals surface area contributed by atoms with Gasteiger partial charge in [-0.1, -0.05) is 12.1 Å². The minimum atomic E-state index is 0.0815. The lowest BCUT2D eigenvalue weighted by molar-refractivity contribution is 0.0740. The van der Waals surface area contributed by atoms with E-state index in [1.165, 1.54) is 0 Å². The van der Waals surface area contributed by atoms with Crippen LogP contribution in [-0.4, -0.2) is 37.1 Å². The third-order valence-corrected chi connectivity index (χ3v) is 3.31. The molecular weight excluding hydrogens is 270 g/mol. The van der Waals surface area contributed by atoms with E-state index in [9.17, 15) is 4.79 Å². The Labute approximate surface area is 104 Å². The van der Waals surface area contributed by atoms with Gasteiger partial charge in [-0.05, 0) is 34.5 Å². The molecule has 1 aliphatic heterocycles. The highest BCUT2D eigenvalue weighted by molar-refractivity contribution is 9.10. The molecule has 1 aromatic carbocycles. The van der Waals surface area contributed by atoms with Crippen molar-refractivity contribution >= 4 is 21.8 Å². The van der Waals surface area contributed by atoms with Crippen molar-refractivity contribution in [2.75, 3.05) is 26.3 Å². The highest BCUT2D eigenvalue weighted by Crippen LogP contribution is 2.18. The molecule has 1 aromatic rings. The topological polar surface area (TPSA) is 29.5 Å². The SMILES string of the molecule is O=C(c1ccccc1Br)N1CCCOCC1. The lowest BCUT2D eigenvalue weighted by atomic mass is 10.2. The fourth-order valence-electron chi connectivity index (χ4n) is 1.75. The number of benzene rings is 1. The summed E-state index contributed by atoms with van der Waals surface area (Å²) < 4.78 is 6.19. The smallest absolute Gasteiger partial charge is 0.255 e. The first-order valence-electron chi connectivity index (χ1n) is 5.40. The molecule has 0 radical (unpaired) electrons. The summed E-state index contributed by atoms with van der Waals surface area (Å²) in [5.74, 6) is 0.0815. The molecule has 0 atom stereocenters. The van der Waals surface area contributed by atoms with Crippen LogP contribution in [0.4, 0.5) is 0 Å². The van der Waals surface area contributed by atoms with Crippen LogP contribution in [0.2, 0.25) is 0 Å². The second kappa shape index (κ2) is 5.46. The number of amides is 1. The van der Waals surface area contributed by atoms with E-state index >= 15 is 0 Å². The van der Waals surface area contributed by atoms with E-state index in [0.717, 1.165) is 29.6 Å². The van der Waals surface area contributed by atoms with Crippen molar-refractivity contribution in [2.24, 2.45) is 0 Å². The van der Waals surface area contributed by atoms with Crippen LogP contribution in [0.5, 0.6) is 0 Å². The summed E-state index contributed by atoms with van der Waals surface area (Å²) in [5.41, 5.74) is 0.726. The van der Waals surface area contributed by atoms with Gasteiger partial charge in [-0.15, -0.1) is 0 Å². The van der Waals surface area contributed by atoms with Crippen LogP contribution in [0.15, 0.2) is 28.7 Å². The molecule has 4 heteroatoms. The Hall–Kier alpha value is -0.870. The Bertz CT molecular complexity index is 373. The Morgan fingerprint density at radius 2 is 2.06 bits per heavy atom. The zero-order chi connectivity index (χ0) is 11.4. The number of hydrogen-bond acceptors (Lipinski definition) is 2. The van der Waals surface area contributed by atoms with E-state index in [0.29, 0.717) is 13.2 Å². The van der Waals surface area contributed by atoms with Gasteiger partial charge in [-0.25, -0.2) is 0 Å². The molecule has 0 saturated carbocycles. The van der Waals surface area contributed by atoms with Gasteiger partial charge in [0.05, 0.1) is 12.2 Å². The summed E-state index contributed by atoms with van der Waals surface area (Å²) >= 11 is 3.40. The van der Waals surface area contributed by atoms with Gasteiger partial charge in [0.1, 0.15) is 0 Å². The number of hydrogen-bond donors (Lipinski definition) is 0. The maximum Gasteiger partial charge on any atom is 0.255 e. The largest absolute Gasteiger partial charge is 0.380 e. The summed E-state index contributed by atoms with van der Waals surface area (Å²) in [6.45, 7) is 2.84. The van der Waals surface area contributed by atoms with Gasteiger partial charge in [-0.3, -0.25) is 4.79 Å². The second-order valence-electron chi connectivity index (χ2n) is 3.74. The number of carbonyl (C=O) groups is 1. The van der Waals surface area contributed by atoms with E-state index in [-0.39, 0.29) is 5.91 Å². The maximum absolute atomic E-state index is 12.2. The fourth-order valence-corrected chi connectivity index (χ4v) is 2.21. The van der Waals surface area contributed by atoms with Crippen molar-refractivity contribution in [2.45, 2.75) is 6.42 Å². The van der Waals surface area contributed by atoms with E-state index in [4.69, 9.17) is 4.74 Å². The Morgan fingerprint density at radius 3 is 2.88 bits per heavy atom. The van der Waals surface area contributed by atoms with Crippen molar-refractivity contribution < 1.29 is 9.53 Å². The third-order valence-electron chi connectivity index (χ3n) is 2.61. The van der Waals surface area contributed by atoms with Crippen LogP contribution in [0.25, 0.3) is 0 Å². The molecule has 16 heavy (non-hydrogen) atoms. The summed E-state index contributed by atoms with van der Waals surface area (Å²) in [4.78, 5) is 14.1. The van der Waals surface area contributed by atoms with Crippen LogP contribution >= 0.6 is 15.9 Å². The second-order valence-corrected chi connectivity index (χ2v) is 4.59. The molecule has 0 unspecified atom stereocenters. The fraction of sp³-hybridized carbons (Fsp3) is 0.417. The lowest BCUT2D eigenvalue weighted by Gasteiger charge is -2.20. The van der Waals surface area contributed by atoms with Gasteiger partial charge in [-0.2, -0.15) is 0 Å². The molecule has 1 heterocycles. The first kappa shape index (κ1) is 11.6. The van der Waals surface area contributed by atoms with Crippen LogP contribution in [0, 0.1) is 0 Å². The minimum absolute atomic E-state index is 0.0815. The molecule has 1 aliphatic rings. The Morgan fingerprint density at radius 1 is 1.25 bits per heavy atom. The van der Waals surface area contributed by atoms with E-state index in [1.54, 1.807) is 0 Å². The van der Waals surface area contributed by atoms with Crippen molar-refractivity contribution in [1.82, 2.24) is 4.90 Å². The molecule has 0 bridgehead atoms. The lowest BCUT2D eigenvalue weighted by Crippen LogP contribution is -2.33. The zero-order valence-corrected chi connectivity index (χ0v) is 10.6. The van der Waals surface area contributed by atoms with Crippen molar-refractivity contribution in [3.63, 3.8) is 0 Å². The van der Waals surface area contributed by atoms with Crippen LogP contribution in [-0.2, 0) is 4.74 Å². The number of halogens is 1. The van der Waals surface area contributed by atoms with Crippen LogP contribution in [0.3, 0.4) is 0 Å². The highest BCUT2D eigenvalue weighted by Gasteiger charge is 2.18. The van der Waals surface area contributed by atoms with Gasteiger partial charge in [0.15, 0.2) is 0 Å². The molecule has 0 aromatic heterocycles. The van der Waals surface area contributed by atoms with Crippen LogP contribution < -0.4 is 0 Å². The summed E-state index contributed by atoms with van der Waals surface area (Å²) in [5, 5.41) is 0. The first-order chi connectivity index (χ1) is 7.79. The Kier molecular flexibility index (Phi) is 3.96. The van der Waals surface area contributed by atoms with Gasteiger partial charge >= 0.3 is 0 Å². The van der Waals surface area contributed by atoms with Crippen molar-refractivity contribution in [3.05, 3.63) is 34.3 Å². The minimum Gasteiger partial charge on any atom is -0.380 e. The number of ether oxygens (including phenoxy) is 1. The quantitative estimate of drug-likeness (QED) is 0.792. The average Bonchev–Trinajstić information content (AvgIpc) is 2.57. The van der Waals surface area contributed by atoms with E-state index in [2.05, 4.69) is 15.9 Å². The van der Waals surface area contributed by atoms with Gasteiger partial charge in [0, 0.05) is 24.2 Å². The summed E-state index contributed by atoms with van der Waals surface area (Å²) in [7, 11) is 0. The van der Waals surface area contributed by atoms with E-state index in [1.807, 2.05) is 29.2 Å². The van der Waals surface area contributed by atoms with Crippen molar-refractivity contribution in [3.8, 4) is 0 Å². The molecular formula is C12H14BrNO2. The van der Waals surface area contributed by atoms with Gasteiger partial charge in [0.25, 0.3) is 5.91 Å². The molecule has 1 saturated heterocycles. The molecule has 0 N–H and O–H groups in total. The summed E-state index contributed by atoms with van der Waals surface area (Å²) in [6.07, 6.45) is 0.913. The van der Waals surface area contributed by atoms with Gasteiger partial charge in [0.2, 0.25) is 0 Å². The van der Waals surface area contributed by atoms with E-state index < -0.39 is 0 Å². The number of rotatable bonds is 1. The summed E-state index contributed by atoms with van der Waals surface area (Å²) in [6, 6.07) is 7.53. The Balaban J connectivity index is 2.14. The van der Waals surface area contributed by atoms with Crippen molar-refractivity contribution in [1.29, 1.82) is 0 Å². The standard InChI is InChI=1S/C12H14BrNO2/c13-11-5-2-1-4-10(11)12(15)14-6-3-8-16-9-7-14/h1-2,4-5H,3,6-9H2. The number of carbonyl (C=O) groups excluding carboxylic acids is 1. The molecule has 86 valence electrons. The third kappa shape index (κ3) is 2.62. The zero-order valence-electron chi connectivity index (χ0n) is 8.99. The molecule has 2 rings (SSSR count). The van der Waals surface area contributed by atoms with Gasteiger partial charge < -0.3 is 9.64 Å². The van der Waals surface area contributed by atoms with Crippen LogP contribution in [0.1, 0.15) is 16.8 Å². The molecule has 0 spiro atoms. The predicted molar refractivity (Wildman–Crippen MR) is 65.5 cm³/mol. The average molecular weight is 284 g/mol. The first-order valence-corrected chi connectivity index (χ1v) is 6.20. The molecule has 1 amide bonds. The molecule has 3 nitrogen and oxygen atoms in total. The normalized spacial score (nSPS) is 16.9. The predicted octanol–water partition coefficient (Wildman–Crippen LogP) is 2.31. The maximum atomic E-state index is 12.2. The highest BCUT2D eigenvalue weighted by atomic mass is 79.9. The molecule has 0 aliphatic carbocycles. The molecule has 1 fully saturated rings.